The molecule has 1 unspecified atom stereocenters. The lowest BCUT2D eigenvalue weighted by Gasteiger charge is -2.15. The lowest BCUT2D eigenvalue weighted by Crippen LogP contribution is -2.19. The van der Waals surface area contributed by atoms with Gasteiger partial charge >= 0.3 is 6.01 Å². The van der Waals surface area contributed by atoms with E-state index in [9.17, 15) is 0 Å². The van der Waals surface area contributed by atoms with Gasteiger partial charge in [0.15, 0.2) is 0 Å². The maximum Gasteiger partial charge on any atom is 0.322 e. The van der Waals surface area contributed by atoms with E-state index in [1.54, 1.807) is 0 Å². The van der Waals surface area contributed by atoms with Crippen LogP contribution in [-0.2, 0) is 0 Å². The Kier molecular flexibility index (Phi) is 4.73. The van der Waals surface area contributed by atoms with Gasteiger partial charge in [0, 0.05) is 6.04 Å². The van der Waals surface area contributed by atoms with E-state index in [1.165, 1.54) is 7.11 Å². The molecule has 0 aromatic carbocycles. The number of hydrogen-bond acceptors (Lipinski definition) is 5. The first-order valence-electron chi connectivity index (χ1n) is 5.23. The standard InChI is InChI=1S/C10H17ClN4O/c1-6(2)5-7(3)12-9-13-8(11)14-10(15-9)16-4/h6-7H,5H2,1-4H3,(H,12,13,14,15). The van der Waals surface area contributed by atoms with Crippen LogP contribution >= 0.6 is 11.6 Å². The first kappa shape index (κ1) is 13.0. The summed E-state index contributed by atoms with van der Waals surface area (Å²) >= 11 is 5.74. The van der Waals surface area contributed by atoms with Gasteiger partial charge in [-0.25, -0.2) is 0 Å². The van der Waals surface area contributed by atoms with Crippen molar-refractivity contribution in [1.82, 2.24) is 15.0 Å². The molecule has 0 bridgehead atoms. The van der Waals surface area contributed by atoms with Crippen LogP contribution < -0.4 is 10.1 Å². The summed E-state index contributed by atoms with van der Waals surface area (Å²) in [5, 5.41) is 3.29. The molecule has 0 radical (unpaired) electrons. The van der Waals surface area contributed by atoms with E-state index in [-0.39, 0.29) is 17.3 Å². The number of rotatable bonds is 5. The van der Waals surface area contributed by atoms with Crippen molar-refractivity contribution in [3.63, 3.8) is 0 Å². The van der Waals surface area contributed by atoms with Crippen LogP contribution in [0.1, 0.15) is 27.2 Å². The fourth-order valence-corrected chi connectivity index (χ4v) is 1.63. The summed E-state index contributed by atoms with van der Waals surface area (Å²) in [6.07, 6.45) is 1.03. The van der Waals surface area contributed by atoms with Crippen LogP contribution in [0.5, 0.6) is 6.01 Å². The Hall–Kier alpha value is -1.10. The van der Waals surface area contributed by atoms with E-state index < -0.39 is 0 Å². The number of methoxy groups -OCH3 is 1. The summed E-state index contributed by atoms with van der Waals surface area (Å²) in [5.74, 6) is 1.06. The van der Waals surface area contributed by atoms with E-state index in [0.717, 1.165) is 6.42 Å². The number of aromatic nitrogens is 3. The minimum Gasteiger partial charge on any atom is -0.467 e. The molecule has 0 fully saturated rings. The Bertz CT molecular complexity index is 346. The summed E-state index contributed by atoms with van der Waals surface area (Å²) in [5.41, 5.74) is 0. The summed E-state index contributed by atoms with van der Waals surface area (Å²) in [7, 11) is 1.49. The molecule has 1 aromatic rings. The number of nitrogens with one attached hydrogen (secondary N) is 1. The molecule has 0 spiro atoms. The van der Waals surface area contributed by atoms with Crippen LogP contribution in [0, 0.1) is 5.92 Å². The summed E-state index contributed by atoms with van der Waals surface area (Å²) in [6, 6.07) is 0.502. The molecule has 1 N–H and O–H groups in total. The van der Waals surface area contributed by atoms with Crippen molar-refractivity contribution in [1.29, 1.82) is 0 Å². The van der Waals surface area contributed by atoms with Gasteiger partial charge < -0.3 is 10.1 Å². The molecule has 1 rings (SSSR count). The molecule has 0 aliphatic carbocycles. The third-order valence-electron chi connectivity index (χ3n) is 1.97. The predicted octanol–water partition coefficient (Wildman–Crippen LogP) is 2.38. The highest BCUT2D eigenvalue weighted by Crippen LogP contribution is 2.13. The Balaban J connectivity index is 2.69. The van der Waals surface area contributed by atoms with Crippen molar-refractivity contribution in [2.24, 2.45) is 5.92 Å². The third-order valence-corrected chi connectivity index (χ3v) is 2.14. The van der Waals surface area contributed by atoms with Gasteiger partial charge in [-0.05, 0) is 30.9 Å². The van der Waals surface area contributed by atoms with E-state index in [4.69, 9.17) is 16.3 Å². The normalized spacial score (nSPS) is 12.6. The molecule has 0 saturated heterocycles. The van der Waals surface area contributed by atoms with E-state index >= 15 is 0 Å². The summed E-state index contributed by atoms with van der Waals surface area (Å²) in [6.45, 7) is 6.41. The zero-order valence-electron chi connectivity index (χ0n) is 9.99. The number of anilines is 1. The van der Waals surface area contributed by atoms with Crippen molar-refractivity contribution in [3.8, 4) is 6.01 Å². The molecule has 90 valence electrons. The monoisotopic (exact) mass is 244 g/mol. The number of halogens is 1. The maximum absolute atomic E-state index is 5.74. The molecular weight excluding hydrogens is 228 g/mol. The zero-order chi connectivity index (χ0) is 12.1. The quantitative estimate of drug-likeness (QED) is 0.862. The lowest BCUT2D eigenvalue weighted by molar-refractivity contribution is 0.378. The summed E-state index contributed by atoms with van der Waals surface area (Å²) in [4.78, 5) is 11.8. The Morgan fingerprint density at radius 1 is 1.25 bits per heavy atom. The van der Waals surface area contributed by atoms with Gasteiger partial charge in [-0.15, -0.1) is 0 Å². The number of ether oxygens (including phenoxy) is 1. The molecule has 6 heteroatoms. The van der Waals surface area contributed by atoms with Gasteiger partial charge in [-0.1, -0.05) is 13.8 Å². The first-order valence-corrected chi connectivity index (χ1v) is 5.61. The predicted molar refractivity (Wildman–Crippen MR) is 63.9 cm³/mol. The SMILES string of the molecule is COc1nc(Cl)nc(NC(C)CC(C)C)n1. The maximum atomic E-state index is 5.74. The lowest BCUT2D eigenvalue weighted by atomic mass is 10.1. The second-order valence-corrected chi connectivity index (χ2v) is 4.43. The molecule has 0 aliphatic rings. The van der Waals surface area contributed by atoms with Crippen molar-refractivity contribution in [2.45, 2.75) is 33.2 Å². The third kappa shape index (κ3) is 4.18. The van der Waals surface area contributed by atoms with E-state index in [0.29, 0.717) is 11.9 Å². The highest BCUT2D eigenvalue weighted by atomic mass is 35.5. The fourth-order valence-electron chi connectivity index (χ4n) is 1.47. The van der Waals surface area contributed by atoms with Gasteiger partial charge in [0.2, 0.25) is 11.2 Å². The zero-order valence-corrected chi connectivity index (χ0v) is 10.7. The van der Waals surface area contributed by atoms with Crippen molar-refractivity contribution >= 4 is 17.5 Å². The first-order chi connectivity index (χ1) is 7.51. The van der Waals surface area contributed by atoms with Crippen molar-refractivity contribution in [3.05, 3.63) is 5.28 Å². The van der Waals surface area contributed by atoms with Crippen LogP contribution in [-0.4, -0.2) is 28.1 Å². The number of hydrogen-bond donors (Lipinski definition) is 1. The van der Waals surface area contributed by atoms with Crippen molar-refractivity contribution in [2.75, 3.05) is 12.4 Å². The van der Waals surface area contributed by atoms with Crippen molar-refractivity contribution < 1.29 is 4.74 Å². The van der Waals surface area contributed by atoms with Gasteiger partial charge in [0.1, 0.15) is 0 Å². The van der Waals surface area contributed by atoms with Crippen LogP contribution in [0.15, 0.2) is 0 Å². The molecule has 1 atom stereocenters. The van der Waals surface area contributed by atoms with Crippen LogP contribution in [0.4, 0.5) is 5.95 Å². The minimum absolute atomic E-state index is 0.131. The van der Waals surface area contributed by atoms with E-state index in [1.807, 2.05) is 0 Å². The Morgan fingerprint density at radius 3 is 2.50 bits per heavy atom. The smallest absolute Gasteiger partial charge is 0.322 e. The molecule has 0 amide bonds. The average Bonchev–Trinajstić information content (AvgIpc) is 2.14. The molecular formula is C10H17ClN4O. The summed E-state index contributed by atoms with van der Waals surface area (Å²) < 4.78 is 4.91. The largest absolute Gasteiger partial charge is 0.467 e. The Morgan fingerprint density at radius 2 is 1.94 bits per heavy atom. The second-order valence-electron chi connectivity index (χ2n) is 4.09. The highest BCUT2D eigenvalue weighted by molar-refractivity contribution is 6.28. The van der Waals surface area contributed by atoms with Gasteiger partial charge in [-0.2, -0.15) is 15.0 Å². The minimum atomic E-state index is 0.131. The van der Waals surface area contributed by atoms with Crippen LogP contribution in [0.2, 0.25) is 5.28 Å². The average molecular weight is 245 g/mol. The molecule has 0 saturated carbocycles. The molecule has 1 aromatic heterocycles. The van der Waals surface area contributed by atoms with Gasteiger partial charge in [-0.3, -0.25) is 0 Å². The van der Waals surface area contributed by atoms with Crippen LogP contribution in [0.3, 0.4) is 0 Å². The fraction of sp³-hybridized carbons (Fsp3) is 0.700. The topological polar surface area (TPSA) is 59.9 Å². The molecule has 5 nitrogen and oxygen atoms in total. The second kappa shape index (κ2) is 5.84. The molecule has 0 aliphatic heterocycles. The van der Waals surface area contributed by atoms with Gasteiger partial charge in [0.25, 0.3) is 0 Å². The molecule has 1 heterocycles. The Labute approximate surface area is 101 Å². The van der Waals surface area contributed by atoms with E-state index in [2.05, 4.69) is 41.0 Å². The van der Waals surface area contributed by atoms with Crippen LogP contribution in [0.25, 0.3) is 0 Å². The highest BCUT2D eigenvalue weighted by Gasteiger charge is 2.09. The van der Waals surface area contributed by atoms with Gasteiger partial charge in [0.05, 0.1) is 7.11 Å². The molecule has 16 heavy (non-hydrogen) atoms. The number of nitrogens with zero attached hydrogens (tertiary/aromatic N) is 3.